The molecule has 0 bridgehead atoms. The first-order valence-corrected chi connectivity index (χ1v) is 10.6. The third-order valence-corrected chi connectivity index (χ3v) is 6.78. The summed E-state index contributed by atoms with van der Waals surface area (Å²) in [6, 6.07) is 11.6. The number of nitrogens with zero attached hydrogens (tertiary/aromatic N) is 2. The molecule has 3 heterocycles. The van der Waals surface area contributed by atoms with Gasteiger partial charge in [-0.15, -0.1) is 0 Å². The molecule has 26 heavy (non-hydrogen) atoms. The van der Waals surface area contributed by atoms with Gasteiger partial charge in [0.1, 0.15) is 5.82 Å². The number of carbonyl (C=O) groups excluding carboxylic acids is 1. The van der Waals surface area contributed by atoms with Crippen molar-refractivity contribution in [3.8, 4) is 0 Å². The number of hydrogen-bond donors (Lipinski definition) is 1. The summed E-state index contributed by atoms with van der Waals surface area (Å²) in [5.41, 5.74) is 3.05. The third-order valence-electron chi connectivity index (χ3n) is 5.01. The summed E-state index contributed by atoms with van der Waals surface area (Å²) in [6.07, 6.45) is 3.03. The molecule has 0 aliphatic carbocycles. The summed E-state index contributed by atoms with van der Waals surface area (Å²) in [5, 5.41) is 3.14. The van der Waals surface area contributed by atoms with E-state index in [1.54, 1.807) is 18.3 Å². The Morgan fingerprint density at radius 3 is 2.65 bits per heavy atom. The van der Waals surface area contributed by atoms with E-state index in [2.05, 4.69) is 22.4 Å². The van der Waals surface area contributed by atoms with E-state index in [0.29, 0.717) is 30.9 Å². The van der Waals surface area contributed by atoms with Crippen molar-refractivity contribution in [1.29, 1.82) is 0 Å². The molecule has 1 fully saturated rings. The van der Waals surface area contributed by atoms with Crippen LogP contribution in [0.4, 0.5) is 5.82 Å². The van der Waals surface area contributed by atoms with Crippen LogP contribution < -0.4 is 5.32 Å². The van der Waals surface area contributed by atoms with Crippen LogP contribution in [0.1, 0.15) is 27.9 Å². The molecule has 1 N–H and O–H groups in total. The van der Waals surface area contributed by atoms with Crippen LogP contribution >= 0.6 is 0 Å². The minimum Gasteiger partial charge on any atom is -0.366 e. The van der Waals surface area contributed by atoms with Gasteiger partial charge in [0, 0.05) is 25.3 Å². The fourth-order valence-electron chi connectivity index (χ4n) is 3.58. The largest absolute Gasteiger partial charge is 0.366 e. The van der Waals surface area contributed by atoms with Crippen LogP contribution in [0.3, 0.4) is 0 Å². The van der Waals surface area contributed by atoms with Crippen LogP contribution in [-0.2, 0) is 22.8 Å². The highest BCUT2D eigenvalue weighted by Crippen LogP contribution is 2.21. The molecule has 4 rings (SSSR count). The normalized spacial score (nSPS) is 21.2. The Morgan fingerprint density at radius 1 is 1.15 bits per heavy atom. The molecule has 1 amide bonds. The topological polar surface area (TPSA) is 79.4 Å². The monoisotopic (exact) mass is 371 g/mol. The maximum Gasteiger partial charge on any atom is 0.255 e. The zero-order chi connectivity index (χ0) is 18.1. The van der Waals surface area contributed by atoms with Gasteiger partial charge in [-0.3, -0.25) is 4.79 Å². The number of pyridine rings is 1. The molecule has 1 saturated heterocycles. The Labute approximate surface area is 153 Å². The summed E-state index contributed by atoms with van der Waals surface area (Å²) in [5.74, 6) is 0.940. The van der Waals surface area contributed by atoms with Gasteiger partial charge in [0.2, 0.25) is 0 Å². The van der Waals surface area contributed by atoms with E-state index in [1.165, 1.54) is 11.1 Å². The van der Waals surface area contributed by atoms with Crippen LogP contribution in [0.15, 0.2) is 42.6 Å². The van der Waals surface area contributed by atoms with Crippen molar-refractivity contribution in [2.45, 2.75) is 25.4 Å². The van der Waals surface area contributed by atoms with Crippen molar-refractivity contribution in [2.24, 2.45) is 0 Å². The zero-order valence-electron chi connectivity index (χ0n) is 14.4. The van der Waals surface area contributed by atoms with Crippen molar-refractivity contribution in [3.63, 3.8) is 0 Å². The first-order valence-electron chi connectivity index (χ1n) is 8.79. The van der Waals surface area contributed by atoms with Crippen molar-refractivity contribution >= 4 is 21.6 Å². The molecule has 1 aromatic heterocycles. The first kappa shape index (κ1) is 17.0. The predicted molar refractivity (Wildman–Crippen MR) is 99.8 cm³/mol. The molecule has 6 nitrogen and oxygen atoms in total. The van der Waals surface area contributed by atoms with Crippen molar-refractivity contribution < 1.29 is 13.2 Å². The summed E-state index contributed by atoms with van der Waals surface area (Å²) in [7, 11) is -2.93. The van der Waals surface area contributed by atoms with Gasteiger partial charge in [-0.05, 0) is 36.1 Å². The van der Waals surface area contributed by atoms with Crippen molar-refractivity contribution in [1.82, 2.24) is 9.88 Å². The minimum absolute atomic E-state index is 0.0259. The highest BCUT2D eigenvalue weighted by Gasteiger charge is 2.28. The highest BCUT2D eigenvalue weighted by molar-refractivity contribution is 7.91. The van der Waals surface area contributed by atoms with E-state index in [1.807, 2.05) is 17.0 Å². The quantitative estimate of drug-likeness (QED) is 0.891. The summed E-state index contributed by atoms with van der Waals surface area (Å²) >= 11 is 0. The standard InChI is InChI=1S/C19H21N3O3S/c23-19(22-9-7-14-3-1-2-4-16(14)12-22)15-5-6-18(20-11-15)21-17-8-10-26(24,25)13-17/h1-6,11,17H,7-10,12-13H2,(H,20,21). The Balaban J connectivity index is 1.41. The average molecular weight is 371 g/mol. The second-order valence-corrected chi connectivity index (χ2v) is 9.15. The molecule has 0 spiro atoms. The lowest BCUT2D eigenvalue weighted by Crippen LogP contribution is -2.36. The lowest BCUT2D eigenvalue weighted by atomic mass is 9.99. The van der Waals surface area contributed by atoms with Gasteiger partial charge in [-0.1, -0.05) is 24.3 Å². The van der Waals surface area contributed by atoms with Crippen LogP contribution in [0, 0.1) is 0 Å². The molecular weight excluding hydrogens is 350 g/mol. The zero-order valence-corrected chi connectivity index (χ0v) is 15.2. The molecule has 1 aromatic carbocycles. The maximum absolute atomic E-state index is 12.7. The van der Waals surface area contributed by atoms with E-state index in [0.717, 1.165) is 6.42 Å². The minimum atomic E-state index is -2.93. The highest BCUT2D eigenvalue weighted by atomic mass is 32.2. The molecule has 136 valence electrons. The number of rotatable bonds is 3. The summed E-state index contributed by atoms with van der Waals surface area (Å²) in [4.78, 5) is 18.9. The summed E-state index contributed by atoms with van der Waals surface area (Å²) in [6.45, 7) is 1.32. The van der Waals surface area contributed by atoms with Crippen LogP contribution in [0.2, 0.25) is 0 Å². The van der Waals surface area contributed by atoms with E-state index in [9.17, 15) is 13.2 Å². The fraction of sp³-hybridized carbons (Fsp3) is 0.368. The van der Waals surface area contributed by atoms with E-state index in [4.69, 9.17) is 0 Å². The number of anilines is 1. The third kappa shape index (κ3) is 3.58. The molecule has 7 heteroatoms. The number of fused-ring (bicyclic) bond motifs is 1. The Hall–Kier alpha value is -2.41. The van der Waals surface area contributed by atoms with Gasteiger partial charge >= 0.3 is 0 Å². The SMILES string of the molecule is O=C(c1ccc(NC2CCS(=O)(=O)C2)nc1)N1CCc2ccccc2C1. The second kappa shape index (κ2) is 6.72. The Bertz CT molecular complexity index is 925. The molecule has 0 radical (unpaired) electrons. The van der Waals surface area contributed by atoms with Crippen LogP contribution in [0.5, 0.6) is 0 Å². The fourth-order valence-corrected chi connectivity index (χ4v) is 5.25. The molecule has 1 atom stereocenters. The van der Waals surface area contributed by atoms with Crippen molar-refractivity contribution in [3.05, 3.63) is 59.3 Å². The number of sulfone groups is 1. The van der Waals surface area contributed by atoms with Gasteiger partial charge in [0.05, 0.1) is 17.1 Å². The van der Waals surface area contributed by atoms with Gasteiger partial charge < -0.3 is 10.2 Å². The number of aromatic nitrogens is 1. The lowest BCUT2D eigenvalue weighted by molar-refractivity contribution is 0.0734. The number of carbonyl (C=O) groups is 1. The lowest BCUT2D eigenvalue weighted by Gasteiger charge is -2.28. The van der Waals surface area contributed by atoms with Crippen molar-refractivity contribution in [2.75, 3.05) is 23.4 Å². The molecule has 2 aliphatic rings. The molecule has 0 saturated carbocycles. The molecule has 2 aliphatic heterocycles. The Kier molecular flexibility index (Phi) is 4.40. The number of amides is 1. The van der Waals surface area contributed by atoms with Gasteiger partial charge in [0.15, 0.2) is 9.84 Å². The van der Waals surface area contributed by atoms with Gasteiger partial charge in [0.25, 0.3) is 5.91 Å². The molecule has 2 aromatic rings. The van der Waals surface area contributed by atoms with Gasteiger partial charge in [-0.25, -0.2) is 13.4 Å². The number of hydrogen-bond acceptors (Lipinski definition) is 5. The first-order chi connectivity index (χ1) is 12.5. The average Bonchev–Trinajstić information content (AvgIpc) is 2.99. The predicted octanol–water partition coefficient (Wildman–Crippen LogP) is 1.88. The molecule has 1 unspecified atom stereocenters. The smallest absolute Gasteiger partial charge is 0.255 e. The number of nitrogens with one attached hydrogen (secondary N) is 1. The van der Waals surface area contributed by atoms with E-state index >= 15 is 0 Å². The molecular formula is C19H21N3O3S. The van der Waals surface area contributed by atoms with E-state index < -0.39 is 9.84 Å². The van der Waals surface area contributed by atoms with Crippen LogP contribution in [0.25, 0.3) is 0 Å². The maximum atomic E-state index is 12.7. The van der Waals surface area contributed by atoms with Crippen LogP contribution in [-0.4, -0.2) is 48.3 Å². The Morgan fingerprint density at radius 2 is 1.96 bits per heavy atom. The van der Waals surface area contributed by atoms with E-state index in [-0.39, 0.29) is 23.5 Å². The number of benzene rings is 1. The summed E-state index contributed by atoms with van der Waals surface area (Å²) < 4.78 is 23.1. The second-order valence-electron chi connectivity index (χ2n) is 6.92. The van der Waals surface area contributed by atoms with Gasteiger partial charge in [-0.2, -0.15) is 0 Å².